The lowest BCUT2D eigenvalue weighted by Gasteiger charge is -2.34. The molecule has 7 nitrogen and oxygen atoms in total. The second kappa shape index (κ2) is 8.64. The molecule has 1 amide bonds. The summed E-state index contributed by atoms with van der Waals surface area (Å²) in [5.74, 6) is 0.349. The molecule has 2 aromatic heterocycles. The summed E-state index contributed by atoms with van der Waals surface area (Å²) in [6, 6.07) is 10.1. The van der Waals surface area contributed by atoms with Gasteiger partial charge in [-0.1, -0.05) is 18.2 Å². The fourth-order valence-corrected chi connectivity index (χ4v) is 3.24. The summed E-state index contributed by atoms with van der Waals surface area (Å²) in [7, 11) is 0. The van der Waals surface area contributed by atoms with Gasteiger partial charge in [-0.15, -0.1) is 0 Å². The molecule has 1 aliphatic heterocycles. The Bertz CT molecular complexity index is 976. The molecule has 0 bridgehead atoms. The van der Waals surface area contributed by atoms with Gasteiger partial charge in [0.25, 0.3) is 5.91 Å². The number of hydrogen-bond donors (Lipinski definition) is 1. The van der Waals surface area contributed by atoms with Gasteiger partial charge < -0.3 is 15.1 Å². The predicted molar refractivity (Wildman–Crippen MR) is 108 cm³/mol. The molecular formula is C21H21FN6O. The number of pyridine rings is 1. The van der Waals surface area contributed by atoms with Gasteiger partial charge in [0, 0.05) is 63.1 Å². The van der Waals surface area contributed by atoms with Crippen LogP contribution in [0.25, 0.3) is 0 Å². The van der Waals surface area contributed by atoms with Crippen LogP contribution in [-0.4, -0.2) is 51.9 Å². The van der Waals surface area contributed by atoms with Crippen molar-refractivity contribution < 1.29 is 9.18 Å². The number of carbonyl (C=O) groups excluding carboxylic acids is 1. The van der Waals surface area contributed by atoms with Gasteiger partial charge in [0.15, 0.2) is 0 Å². The number of anilines is 2. The molecule has 4 rings (SSSR count). The SMILES string of the molecule is O=C(c1cncc(NCc2ccccc2F)c1)N1CCN(c2ncccn2)CC1. The largest absolute Gasteiger partial charge is 0.380 e. The number of benzene rings is 1. The monoisotopic (exact) mass is 392 g/mol. The fraction of sp³-hybridized carbons (Fsp3) is 0.238. The third kappa shape index (κ3) is 4.48. The van der Waals surface area contributed by atoms with E-state index in [0.717, 1.165) is 0 Å². The van der Waals surface area contributed by atoms with Crippen molar-refractivity contribution in [2.45, 2.75) is 6.54 Å². The van der Waals surface area contributed by atoms with E-state index in [4.69, 9.17) is 0 Å². The lowest BCUT2D eigenvalue weighted by molar-refractivity contribution is 0.0746. The topological polar surface area (TPSA) is 74.2 Å². The quantitative estimate of drug-likeness (QED) is 0.720. The molecule has 1 fully saturated rings. The maximum absolute atomic E-state index is 13.8. The number of nitrogens with zero attached hydrogens (tertiary/aromatic N) is 5. The Morgan fingerprint density at radius 2 is 1.79 bits per heavy atom. The highest BCUT2D eigenvalue weighted by molar-refractivity contribution is 5.94. The van der Waals surface area contributed by atoms with E-state index in [1.807, 2.05) is 0 Å². The summed E-state index contributed by atoms with van der Waals surface area (Å²) < 4.78 is 13.8. The lowest BCUT2D eigenvalue weighted by atomic mass is 10.2. The Morgan fingerprint density at radius 3 is 2.55 bits per heavy atom. The third-order valence-corrected chi connectivity index (χ3v) is 4.83. The highest BCUT2D eigenvalue weighted by Gasteiger charge is 2.23. The van der Waals surface area contributed by atoms with Gasteiger partial charge in [-0.3, -0.25) is 9.78 Å². The average molecular weight is 392 g/mol. The number of piperazine rings is 1. The summed E-state index contributed by atoms with van der Waals surface area (Å²) in [5.41, 5.74) is 1.74. The first-order valence-electron chi connectivity index (χ1n) is 9.44. The minimum atomic E-state index is -0.263. The molecule has 0 unspecified atom stereocenters. The van der Waals surface area contributed by atoms with Crippen LogP contribution in [0.5, 0.6) is 0 Å². The van der Waals surface area contributed by atoms with Crippen LogP contribution in [0.1, 0.15) is 15.9 Å². The molecule has 1 N–H and O–H groups in total. The van der Waals surface area contributed by atoms with Crippen molar-refractivity contribution in [2.75, 3.05) is 36.4 Å². The van der Waals surface area contributed by atoms with Crippen molar-refractivity contribution in [3.63, 3.8) is 0 Å². The maximum atomic E-state index is 13.8. The highest BCUT2D eigenvalue weighted by atomic mass is 19.1. The van der Waals surface area contributed by atoms with E-state index in [-0.39, 0.29) is 11.7 Å². The Hall–Kier alpha value is -3.55. The molecular weight excluding hydrogens is 371 g/mol. The second-order valence-electron chi connectivity index (χ2n) is 6.74. The molecule has 1 aliphatic rings. The van der Waals surface area contributed by atoms with Gasteiger partial charge in [-0.2, -0.15) is 0 Å². The smallest absolute Gasteiger partial charge is 0.255 e. The molecule has 1 aromatic carbocycles. The number of amides is 1. The van der Waals surface area contributed by atoms with E-state index in [1.54, 1.807) is 60.0 Å². The molecule has 29 heavy (non-hydrogen) atoms. The van der Waals surface area contributed by atoms with Crippen molar-refractivity contribution in [1.29, 1.82) is 0 Å². The first kappa shape index (κ1) is 18.8. The lowest BCUT2D eigenvalue weighted by Crippen LogP contribution is -2.49. The normalized spacial score (nSPS) is 14.0. The number of halogens is 1. The number of aromatic nitrogens is 3. The zero-order valence-electron chi connectivity index (χ0n) is 15.8. The molecule has 3 heterocycles. The van der Waals surface area contributed by atoms with Crippen molar-refractivity contribution in [1.82, 2.24) is 19.9 Å². The molecule has 3 aromatic rings. The van der Waals surface area contributed by atoms with E-state index >= 15 is 0 Å². The van der Waals surface area contributed by atoms with Gasteiger partial charge >= 0.3 is 0 Å². The van der Waals surface area contributed by atoms with E-state index in [1.165, 1.54) is 6.07 Å². The van der Waals surface area contributed by atoms with Crippen molar-refractivity contribution in [3.8, 4) is 0 Å². The Balaban J connectivity index is 1.37. The number of carbonyl (C=O) groups is 1. The molecule has 1 saturated heterocycles. The zero-order valence-corrected chi connectivity index (χ0v) is 15.8. The average Bonchev–Trinajstić information content (AvgIpc) is 2.79. The fourth-order valence-electron chi connectivity index (χ4n) is 3.24. The summed E-state index contributed by atoms with van der Waals surface area (Å²) in [4.78, 5) is 29.4. The zero-order chi connectivity index (χ0) is 20.1. The van der Waals surface area contributed by atoms with Crippen LogP contribution in [0.15, 0.2) is 61.2 Å². The first-order chi connectivity index (χ1) is 14.2. The summed E-state index contributed by atoms with van der Waals surface area (Å²) in [6.45, 7) is 2.85. The number of hydrogen-bond acceptors (Lipinski definition) is 6. The van der Waals surface area contributed by atoms with E-state index < -0.39 is 0 Å². The minimum absolute atomic E-state index is 0.0688. The summed E-state index contributed by atoms with van der Waals surface area (Å²) in [5, 5.41) is 3.13. The molecule has 0 spiro atoms. The van der Waals surface area contributed by atoms with Crippen LogP contribution in [0.2, 0.25) is 0 Å². The predicted octanol–water partition coefficient (Wildman–Crippen LogP) is 2.59. The Morgan fingerprint density at radius 1 is 1.03 bits per heavy atom. The van der Waals surface area contributed by atoms with Gasteiger partial charge in [0.05, 0.1) is 11.3 Å². The Kier molecular flexibility index (Phi) is 5.60. The maximum Gasteiger partial charge on any atom is 0.255 e. The molecule has 0 saturated carbocycles. The van der Waals surface area contributed by atoms with E-state index in [2.05, 4.69) is 25.2 Å². The molecule has 0 aliphatic carbocycles. The van der Waals surface area contributed by atoms with E-state index in [0.29, 0.717) is 55.5 Å². The molecule has 0 radical (unpaired) electrons. The summed E-state index contributed by atoms with van der Waals surface area (Å²) >= 11 is 0. The Labute approximate surface area is 168 Å². The molecule has 8 heteroatoms. The first-order valence-corrected chi connectivity index (χ1v) is 9.44. The van der Waals surface area contributed by atoms with Crippen molar-refractivity contribution >= 4 is 17.5 Å². The summed E-state index contributed by atoms with van der Waals surface area (Å²) in [6.07, 6.45) is 6.61. The van der Waals surface area contributed by atoms with Gasteiger partial charge in [-0.25, -0.2) is 14.4 Å². The molecule has 0 atom stereocenters. The van der Waals surface area contributed by atoms with Gasteiger partial charge in [0.1, 0.15) is 5.82 Å². The molecule has 148 valence electrons. The highest BCUT2D eigenvalue weighted by Crippen LogP contribution is 2.16. The van der Waals surface area contributed by atoms with Crippen LogP contribution in [0, 0.1) is 5.82 Å². The number of nitrogens with one attached hydrogen (secondary N) is 1. The van der Waals surface area contributed by atoms with Crippen molar-refractivity contribution in [2.24, 2.45) is 0 Å². The van der Waals surface area contributed by atoms with Crippen molar-refractivity contribution in [3.05, 3.63) is 78.1 Å². The van der Waals surface area contributed by atoms with E-state index in [9.17, 15) is 9.18 Å². The third-order valence-electron chi connectivity index (χ3n) is 4.83. The van der Waals surface area contributed by atoms with Gasteiger partial charge in [0.2, 0.25) is 5.95 Å². The second-order valence-corrected chi connectivity index (χ2v) is 6.74. The minimum Gasteiger partial charge on any atom is -0.380 e. The van der Waals surface area contributed by atoms with Crippen LogP contribution in [-0.2, 0) is 6.54 Å². The van der Waals surface area contributed by atoms with Crippen LogP contribution in [0.4, 0.5) is 16.0 Å². The van der Waals surface area contributed by atoms with Crippen LogP contribution in [0.3, 0.4) is 0 Å². The van der Waals surface area contributed by atoms with Crippen LogP contribution < -0.4 is 10.2 Å². The number of rotatable bonds is 5. The van der Waals surface area contributed by atoms with Crippen LogP contribution >= 0.6 is 0 Å². The van der Waals surface area contributed by atoms with Gasteiger partial charge in [-0.05, 0) is 18.2 Å². The standard InChI is InChI=1S/C21H21FN6O/c22-19-5-2-1-4-16(19)14-26-18-12-17(13-23-15-18)20(29)27-8-10-28(11-9-27)21-24-6-3-7-25-21/h1-7,12-13,15,26H,8-11,14H2.